The average molecular weight is 292 g/mol. The molecule has 1 saturated heterocycles. The largest absolute Gasteiger partial charge is 0.444 e. The van der Waals surface area contributed by atoms with E-state index in [9.17, 15) is 4.79 Å². The number of rotatable bonds is 2. The maximum absolute atomic E-state index is 11.7. The van der Waals surface area contributed by atoms with Crippen LogP contribution in [0.4, 0.5) is 16.3 Å². The maximum Gasteiger partial charge on any atom is 0.412 e. The summed E-state index contributed by atoms with van der Waals surface area (Å²) in [4.78, 5) is 20.6. The van der Waals surface area contributed by atoms with Crippen molar-refractivity contribution >= 4 is 17.6 Å². The van der Waals surface area contributed by atoms with Crippen molar-refractivity contribution in [1.29, 1.82) is 0 Å². The molecule has 0 saturated carbocycles. The highest BCUT2D eigenvalue weighted by Crippen LogP contribution is 2.16. The summed E-state index contributed by atoms with van der Waals surface area (Å²) in [5.74, 6) is 0.942. The summed E-state index contributed by atoms with van der Waals surface area (Å²) in [5, 5.41) is 2.69. The Balaban J connectivity index is 1.91. The van der Waals surface area contributed by atoms with E-state index < -0.39 is 11.7 Å². The molecule has 0 aliphatic carbocycles. The van der Waals surface area contributed by atoms with E-state index >= 15 is 0 Å². The van der Waals surface area contributed by atoms with Gasteiger partial charge < -0.3 is 14.5 Å². The van der Waals surface area contributed by atoms with Gasteiger partial charge in [0.15, 0.2) is 0 Å². The number of aromatic nitrogens is 1. The monoisotopic (exact) mass is 292 g/mol. The summed E-state index contributed by atoms with van der Waals surface area (Å²) in [7, 11) is 2.12. The molecule has 2 heterocycles. The second kappa shape index (κ2) is 6.30. The van der Waals surface area contributed by atoms with Gasteiger partial charge in [0, 0.05) is 26.2 Å². The van der Waals surface area contributed by atoms with Gasteiger partial charge >= 0.3 is 6.09 Å². The molecule has 6 heteroatoms. The fourth-order valence-electron chi connectivity index (χ4n) is 2.10. The second-order valence-corrected chi connectivity index (χ2v) is 6.32. The molecule has 1 aromatic rings. The fourth-order valence-corrected chi connectivity index (χ4v) is 2.10. The summed E-state index contributed by atoms with van der Waals surface area (Å²) in [6.07, 6.45) is 1.20. The fraction of sp³-hybridized carbons (Fsp3) is 0.600. The van der Waals surface area contributed by atoms with Crippen molar-refractivity contribution in [3.8, 4) is 0 Å². The molecule has 1 aromatic heterocycles. The number of anilines is 2. The summed E-state index contributed by atoms with van der Waals surface area (Å²) >= 11 is 0. The van der Waals surface area contributed by atoms with E-state index in [4.69, 9.17) is 4.74 Å². The molecule has 21 heavy (non-hydrogen) atoms. The van der Waals surface area contributed by atoms with Crippen LogP contribution in [-0.4, -0.2) is 54.8 Å². The Labute approximate surface area is 126 Å². The molecule has 1 aliphatic rings. The van der Waals surface area contributed by atoms with E-state index in [1.807, 2.05) is 32.9 Å². The molecule has 116 valence electrons. The van der Waals surface area contributed by atoms with Gasteiger partial charge in [-0.1, -0.05) is 0 Å². The van der Waals surface area contributed by atoms with Crippen LogP contribution >= 0.6 is 0 Å². The molecule has 0 aromatic carbocycles. The van der Waals surface area contributed by atoms with Crippen LogP contribution in [0, 0.1) is 0 Å². The number of pyridine rings is 1. The van der Waals surface area contributed by atoms with E-state index in [1.165, 1.54) is 0 Å². The van der Waals surface area contributed by atoms with E-state index in [0.29, 0.717) is 5.69 Å². The number of carbonyl (C=O) groups is 1. The zero-order valence-corrected chi connectivity index (χ0v) is 13.2. The first-order valence-electron chi connectivity index (χ1n) is 7.23. The van der Waals surface area contributed by atoms with Crippen molar-refractivity contribution in [2.45, 2.75) is 26.4 Å². The molecule has 0 radical (unpaired) electrons. The van der Waals surface area contributed by atoms with Crippen molar-refractivity contribution in [2.24, 2.45) is 0 Å². The molecule has 0 spiro atoms. The van der Waals surface area contributed by atoms with E-state index in [0.717, 1.165) is 32.0 Å². The van der Waals surface area contributed by atoms with Crippen molar-refractivity contribution in [3.63, 3.8) is 0 Å². The van der Waals surface area contributed by atoms with Gasteiger partial charge in [-0.25, -0.2) is 9.78 Å². The van der Waals surface area contributed by atoms with Gasteiger partial charge in [0.05, 0.1) is 11.9 Å². The lowest BCUT2D eigenvalue weighted by Crippen LogP contribution is -2.44. The van der Waals surface area contributed by atoms with E-state index in [2.05, 4.69) is 27.1 Å². The maximum atomic E-state index is 11.7. The number of hydrogen-bond donors (Lipinski definition) is 1. The number of ether oxygens (including phenoxy) is 1. The van der Waals surface area contributed by atoms with Gasteiger partial charge in [-0.2, -0.15) is 0 Å². The molecule has 1 fully saturated rings. The molecule has 1 N–H and O–H groups in total. The first-order valence-corrected chi connectivity index (χ1v) is 7.23. The molecule has 0 atom stereocenters. The topological polar surface area (TPSA) is 57.7 Å². The summed E-state index contributed by atoms with van der Waals surface area (Å²) in [6.45, 7) is 9.54. The molecule has 0 unspecified atom stereocenters. The van der Waals surface area contributed by atoms with Gasteiger partial charge in [-0.05, 0) is 40.0 Å². The molecule has 1 aliphatic heterocycles. The molecule has 6 nitrogen and oxygen atoms in total. The predicted octanol–water partition coefficient (Wildman–Crippen LogP) is 2.18. The van der Waals surface area contributed by atoms with Crippen LogP contribution in [0.25, 0.3) is 0 Å². The van der Waals surface area contributed by atoms with Crippen molar-refractivity contribution < 1.29 is 9.53 Å². The number of piperazine rings is 1. The van der Waals surface area contributed by atoms with Crippen LogP contribution in [0.5, 0.6) is 0 Å². The average Bonchev–Trinajstić information content (AvgIpc) is 2.38. The molecule has 1 amide bonds. The minimum atomic E-state index is -0.503. The van der Waals surface area contributed by atoms with Crippen molar-refractivity contribution in [3.05, 3.63) is 18.3 Å². The zero-order valence-electron chi connectivity index (χ0n) is 13.2. The molecular weight excluding hydrogens is 268 g/mol. The SMILES string of the molecule is CN1CCN(c2ccc(NC(=O)OC(C)(C)C)cn2)CC1. The first-order chi connectivity index (χ1) is 9.83. The van der Waals surface area contributed by atoms with Crippen LogP contribution in [0.15, 0.2) is 18.3 Å². The highest BCUT2D eigenvalue weighted by Gasteiger charge is 2.17. The molecule has 2 rings (SSSR count). The minimum absolute atomic E-state index is 0.461. The van der Waals surface area contributed by atoms with Gasteiger partial charge in [0.25, 0.3) is 0 Å². The lowest BCUT2D eigenvalue weighted by Gasteiger charge is -2.33. The third kappa shape index (κ3) is 4.90. The Bertz CT molecular complexity index is 473. The number of hydrogen-bond acceptors (Lipinski definition) is 5. The van der Waals surface area contributed by atoms with Gasteiger partial charge in [-0.3, -0.25) is 5.32 Å². The Morgan fingerprint density at radius 1 is 1.24 bits per heavy atom. The van der Waals surface area contributed by atoms with Crippen LogP contribution in [0.1, 0.15) is 20.8 Å². The predicted molar refractivity (Wildman–Crippen MR) is 83.8 cm³/mol. The quantitative estimate of drug-likeness (QED) is 0.905. The van der Waals surface area contributed by atoms with Crippen LogP contribution in [0.2, 0.25) is 0 Å². The summed E-state index contributed by atoms with van der Waals surface area (Å²) < 4.78 is 5.21. The minimum Gasteiger partial charge on any atom is -0.444 e. The lowest BCUT2D eigenvalue weighted by atomic mass is 10.2. The third-order valence-corrected chi connectivity index (χ3v) is 3.22. The second-order valence-electron chi connectivity index (χ2n) is 6.32. The Morgan fingerprint density at radius 2 is 1.90 bits per heavy atom. The van der Waals surface area contributed by atoms with Crippen molar-refractivity contribution in [2.75, 3.05) is 43.4 Å². The van der Waals surface area contributed by atoms with Gasteiger partial charge in [0.1, 0.15) is 11.4 Å². The van der Waals surface area contributed by atoms with Crippen LogP contribution < -0.4 is 10.2 Å². The normalized spacial score (nSPS) is 16.7. The highest BCUT2D eigenvalue weighted by molar-refractivity contribution is 5.84. The number of nitrogens with zero attached hydrogens (tertiary/aromatic N) is 3. The number of nitrogens with one attached hydrogen (secondary N) is 1. The number of carbonyl (C=O) groups excluding carboxylic acids is 1. The molecular formula is C15H24N4O2. The van der Waals surface area contributed by atoms with E-state index in [1.54, 1.807) is 6.20 Å². The lowest BCUT2D eigenvalue weighted by molar-refractivity contribution is 0.0636. The van der Waals surface area contributed by atoms with E-state index in [-0.39, 0.29) is 0 Å². The van der Waals surface area contributed by atoms with Gasteiger partial charge in [-0.15, -0.1) is 0 Å². The van der Waals surface area contributed by atoms with Gasteiger partial charge in [0.2, 0.25) is 0 Å². The summed E-state index contributed by atoms with van der Waals surface area (Å²) in [5.41, 5.74) is 0.138. The Hall–Kier alpha value is -1.82. The summed E-state index contributed by atoms with van der Waals surface area (Å²) in [6, 6.07) is 3.78. The Kier molecular flexibility index (Phi) is 4.67. The standard InChI is InChI=1S/C15H24N4O2/c1-15(2,3)21-14(20)17-12-5-6-13(16-11-12)19-9-7-18(4)8-10-19/h5-6,11H,7-10H2,1-4H3,(H,17,20). The number of likely N-dealkylation sites (N-methyl/N-ethyl adjacent to an activating group) is 1. The highest BCUT2D eigenvalue weighted by atomic mass is 16.6. The first kappa shape index (κ1) is 15.6. The molecule has 0 bridgehead atoms. The number of amides is 1. The third-order valence-electron chi connectivity index (χ3n) is 3.22. The zero-order chi connectivity index (χ0) is 15.5. The Morgan fingerprint density at radius 3 is 2.43 bits per heavy atom. The smallest absolute Gasteiger partial charge is 0.412 e. The van der Waals surface area contributed by atoms with Crippen molar-refractivity contribution in [1.82, 2.24) is 9.88 Å². The van der Waals surface area contributed by atoms with Crippen LogP contribution in [0.3, 0.4) is 0 Å². The van der Waals surface area contributed by atoms with Crippen LogP contribution in [-0.2, 0) is 4.74 Å².